The van der Waals surface area contributed by atoms with E-state index >= 15 is 0 Å². The van der Waals surface area contributed by atoms with Gasteiger partial charge >= 0.3 is 6.03 Å². The average molecular weight is 492 g/mol. The highest BCUT2D eigenvalue weighted by atomic mass is 32.2. The maximum absolute atomic E-state index is 13.3. The van der Waals surface area contributed by atoms with Crippen molar-refractivity contribution in [2.24, 2.45) is 0 Å². The van der Waals surface area contributed by atoms with Gasteiger partial charge in [0.05, 0.1) is 24.4 Å². The van der Waals surface area contributed by atoms with Gasteiger partial charge in [0.25, 0.3) is 0 Å². The lowest BCUT2D eigenvalue weighted by Crippen LogP contribution is -2.53. The molecule has 0 aliphatic heterocycles. The summed E-state index contributed by atoms with van der Waals surface area (Å²) in [5.74, 6) is 0.304. The first-order chi connectivity index (χ1) is 16.9. The molecule has 3 amide bonds. The van der Waals surface area contributed by atoms with Crippen LogP contribution < -0.4 is 24.4 Å². The summed E-state index contributed by atoms with van der Waals surface area (Å²) in [6.07, 6.45) is 0.234. The number of carbonyl (C=O) groups excluding carboxylic acids is 2. The van der Waals surface area contributed by atoms with Gasteiger partial charge in [0.2, 0.25) is 5.91 Å². The van der Waals surface area contributed by atoms with Crippen LogP contribution >= 0.6 is 0 Å². The van der Waals surface area contributed by atoms with E-state index < -0.39 is 23.6 Å². The van der Waals surface area contributed by atoms with Gasteiger partial charge in [-0.1, -0.05) is 36.4 Å². The molecular formula is C25H25N5O4S. The summed E-state index contributed by atoms with van der Waals surface area (Å²) in [6, 6.07) is 22.8. The lowest BCUT2D eigenvalue weighted by atomic mass is 10.0. The molecule has 3 aromatic carbocycles. The summed E-state index contributed by atoms with van der Waals surface area (Å²) in [5, 5.41) is 11.6. The Morgan fingerprint density at radius 3 is 2.46 bits per heavy atom. The van der Waals surface area contributed by atoms with Gasteiger partial charge in [0, 0.05) is 19.2 Å². The number of likely N-dealkylation sites (N-methyl/N-ethyl adjacent to an activating group) is 1. The van der Waals surface area contributed by atoms with Crippen molar-refractivity contribution >= 4 is 34.9 Å². The molecule has 180 valence electrons. The Morgan fingerprint density at radius 1 is 1.09 bits per heavy atom. The van der Waals surface area contributed by atoms with Crippen LogP contribution in [0.1, 0.15) is 11.1 Å². The summed E-state index contributed by atoms with van der Waals surface area (Å²) in [7, 11) is 3.17. The maximum Gasteiger partial charge on any atom is 0.358 e. The minimum absolute atomic E-state index is 0.234. The van der Waals surface area contributed by atoms with Crippen molar-refractivity contribution in [3.8, 4) is 11.8 Å². The molecule has 0 bridgehead atoms. The Bertz CT molecular complexity index is 1180. The first-order valence-electron chi connectivity index (χ1n) is 10.6. The van der Waals surface area contributed by atoms with E-state index in [9.17, 15) is 14.1 Å². The van der Waals surface area contributed by atoms with E-state index in [4.69, 9.17) is 10.00 Å². The number of nitrogens with one attached hydrogen (secondary N) is 3. The SMILES string of the molecule is COc1ccc(N(C)C(=O)[C@H](Cc2ccccc2)NC(=O)N[S+]([O-])Nc2cccc(C#N)c2)cc1. The number of carbonyl (C=O) groups is 2. The van der Waals surface area contributed by atoms with E-state index in [1.54, 1.807) is 56.6 Å². The van der Waals surface area contributed by atoms with Gasteiger partial charge in [-0.15, -0.1) is 4.72 Å². The van der Waals surface area contributed by atoms with Crippen LogP contribution in [0, 0.1) is 11.3 Å². The van der Waals surface area contributed by atoms with Crippen LogP contribution in [0.15, 0.2) is 78.9 Å². The number of nitrogens with zero attached hydrogens (tertiary/aromatic N) is 2. The molecule has 1 unspecified atom stereocenters. The van der Waals surface area contributed by atoms with Crippen molar-refractivity contribution in [2.75, 3.05) is 23.8 Å². The molecule has 0 spiro atoms. The molecule has 0 aliphatic rings. The number of hydrogen-bond acceptors (Lipinski definition) is 6. The molecule has 35 heavy (non-hydrogen) atoms. The summed E-state index contributed by atoms with van der Waals surface area (Å²) >= 11 is -2.00. The fraction of sp³-hybridized carbons (Fsp3) is 0.160. The van der Waals surface area contributed by atoms with Gasteiger partial charge < -0.3 is 19.5 Å². The predicted molar refractivity (Wildman–Crippen MR) is 135 cm³/mol. The summed E-state index contributed by atoms with van der Waals surface area (Å²) < 4.78 is 22.4. The third-order valence-corrected chi connectivity index (χ3v) is 5.86. The highest BCUT2D eigenvalue weighted by molar-refractivity contribution is 7.91. The van der Waals surface area contributed by atoms with Crippen LogP contribution in [0.3, 0.4) is 0 Å². The minimum Gasteiger partial charge on any atom is -0.568 e. The summed E-state index contributed by atoms with van der Waals surface area (Å²) in [4.78, 5) is 27.4. The molecule has 0 radical (unpaired) electrons. The van der Waals surface area contributed by atoms with Gasteiger partial charge in [-0.2, -0.15) is 9.98 Å². The Balaban J connectivity index is 1.70. The van der Waals surface area contributed by atoms with Crippen LogP contribution in [0.25, 0.3) is 0 Å². The number of urea groups is 1. The molecule has 0 aromatic heterocycles. The van der Waals surface area contributed by atoms with Gasteiger partial charge in [-0.3, -0.25) is 4.79 Å². The third-order valence-electron chi connectivity index (χ3n) is 5.06. The zero-order valence-electron chi connectivity index (χ0n) is 19.2. The van der Waals surface area contributed by atoms with Gasteiger partial charge in [0.1, 0.15) is 11.8 Å². The van der Waals surface area contributed by atoms with E-state index in [0.717, 1.165) is 5.56 Å². The second-order valence-electron chi connectivity index (χ2n) is 7.48. The van der Waals surface area contributed by atoms with Crippen LogP contribution in [0.4, 0.5) is 16.2 Å². The van der Waals surface area contributed by atoms with E-state index in [0.29, 0.717) is 22.7 Å². The van der Waals surface area contributed by atoms with Gasteiger partial charge in [-0.25, -0.2) is 4.79 Å². The Labute approximate surface area is 207 Å². The lowest BCUT2D eigenvalue weighted by molar-refractivity contribution is -0.120. The Morgan fingerprint density at radius 2 is 1.80 bits per heavy atom. The molecule has 0 saturated heterocycles. The summed E-state index contributed by atoms with van der Waals surface area (Å²) in [6.45, 7) is 0. The van der Waals surface area contributed by atoms with Crippen molar-refractivity contribution in [2.45, 2.75) is 12.5 Å². The zero-order chi connectivity index (χ0) is 25.2. The Hall–Kier alpha value is -4.20. The van der Waals surface area contributed by atoms with Crippen LogP contribution in [0.5, 0.6) is 5.75 Å². The highest BCUT2D eigenvalue weighted by Gasteiger charge is 2.27. The van der Waals surface area contributed by atoms with Gasteiger partial charge in [0.15, 0.2) is 11.5 Å². The molecule has 0 heterocycles. The fourth-order valence-electron chi connectivity index (χ4n) is 3.27. The van der Waals surface area contributed by atoms with Crippen molar-refractivity contribution < 1.29 is 18.9 Å². The zero-order valence-corrected chi connectivity index (χ0v) is 20.0. The van der Waals surface area contributed by atoms with Crippen LogP contribution in [-0.2, 0) is 22.8 Å². The molecule has 3 N–H and O–H groups in total. The monoisotopic (exact) mass is 491 g/mol. The first kappa shape index (κ1) is 25.4. The smallest absolute Gasteiger partial charge is 0.358 e. The van der Waals surface area contributed by atoms with Crippen molar-refractivity contribution in [1.29, 1.82) is 5.26 Å². The van der Waals surface area contributed by atoms with Gasteiger partial charge in [-0.05, 0) is 48.0 Å². The van der Waals surface area contributed by atoms with Crippen LogP contribution in [0.2, 0.25) is 0 Å². The quantitative estimate of drug-likeness (QED) is 0.395. The van der Waals surface area contributed by atoms with E-state index in [1.165, 1.54) is 11.0 Å². The number of hydrogen-bond donors (Lipinski definition) is 3. The fourth-order valence-corrected chi connectivity index (χ4v) is 3.89. The second-order valence-corrected chi connectivity index (χ2v) is 8.42. The average Bonchev–Trinajstić information content (AvgIpc) is 2.88. The first-order valence-corrected chi connectivity index (χ1v) is 11.8. The lowest BCUT2D eigenvalue weighted by Gasteiger charge is -2.25. The molecule has 0 aliphatic carbocycles. The van der Waals surface area contributed by atoms with Crippen molar-refractivity contribution in [3.63, 3.8) is 0 Å². The Kier molecular flexibility index (Phi) is 8.95. The summed E-state index contributed by atoms with van der Waals surface area (Å²) in [5.41, 5.74) is 2.26. The normalized spacial score (nSPS) is 11.9. The maximum atomic E-state index is 13.3. The van der Waals surface area contributed by atoms with Crippen LogP contribution in [-0.4, -0.2) is 36.7 Å². The molecule has 9 nitrogen and oxygen atoms in total. The number of rotatable bonds is 9. The number of ether oxygens (including phenoxy) is 1. The number of nitriles is 1. The van der Waals surface area contributed by atoms with Crippen molar-refractivity contribution in [1.82, 2.24) is 10.0 Å². The minimum atomic E-state index is -2.00. The van der Waals surface area contributed by atoms with E-state index in [1.807, 2.05) is 36.4 Å². The highest BCUT2D eigenvalue weighted by Crippen LogP contribution is 2.19. The number of amides is 3. The molecular weight excluding hydrogens is 466 g/mol. The number of anilines is 2. The molecule has 2 atom stereocenters. The second kappa shape index (κ2) is 12.3. The molecule has 10 heteroatoms. The number of methoxy groups -OCH3 is 1. The standard InChI is InChI=1S/C25H25N5O4S/c1-30(21-11-13-22(34-2)14-12-21)24(31)23(16-18-7-4-3-5-8-18)27-25(32)29-35(33)28-20-10-6-9-19(15-20)17-26/h3-15,23,28H,16H2,1-2H3,(H2,27,29,32)/t23-,35?/m0/s1. The molecule has 3 rings (SSSR count). The molecule has 0 fully saturated rings. The topological polar surface area (TPSA) is 130 Å². The third kappa shape index (κ3) is 7.40. The molecule has 0 saturated carbocycles. The number of benzene rings is 3. The molecule has 3 aromatic rings. The largest absolute Gasteiger partial charge is 0.568 e. The van der Waals surface area contributed by atoms with Crippen molar-refractivity contribution in [3.05, 3.63) is 90.0 Å². The van der Waals surface area contributed by atoms with E-state index in [2.05, 4.69) is 14.8 Å². The predicted octanol–water partition coefficient (Wildman–Crippen LogP) is 3.13. The van der Waals surface area contributed by atoms with E-state index in [-0.39, 0.29) is 12.3 Å².